The molecule has 0 aromatic heterocycles. The van der Waals surface area contributed by atoms with Gasteiger partial charge in [0.05, 0.1) is 13.2 Å². The van der Waals surface area contributed by atoms with Crippen molar-refractivity contribution >= 4 is 5.91 Å². The molecule has 0 saturated carbocycles. The van der Waals surface area contributed by atoms with E-state index in [1.54, 1.807) is 7.11 Å². The van der Waals surface area contributed by atoms with Gasteiger partial charge in [0, 0.05) is 31.6 Å². The van der Waals surface area contributed by atoms with Gasteiger partial charge in [-0.3, -0.25) is 9.69 Å². The second-order valence-electron chi connectivity index (χ2n) is 6.18. The molecular formula is C17H26N2O2. The number of benzene rings is 1. The Morgan fingerprint density at radius 3 is 2.71 bits per heavy atom. The molecule has 1 aromatic rings. The lowest BCUT2D eigenvalue weighted by atomic mass is 10.0. The van der Waals surface area contributed by atoms with Crippen LogP contribution >= 0.6 is 0 Å². The van der Waals surface area contributed by atoms with Crippen LogP contribution in [-0.4, -0.2) is 49.5 Å². The Hall–Kier alpha value is -1.55. The normalized spacial score (nSPS) is 19.9. The van der Waals surface area contributed by atoms with E-state index in [4.69, 9.17) is 4.74 Å². The predicted molar refractivity (Wildman–Crippen MR) is 84.4 cm³/mol. The molecule has 1 aliphatic heterocycles. The van der Waals surface area contributed by atoms with Gasteiger partial charge in [-0.1, -0.05) is 32.0 Å². The van der Waals surface area contributed by atoms with Gasteiger partial charge in [-0.25, -0.2) is 0 Å². The summed E-state index contributed by atoms with van der Waals surface area (Å²) in [5, 5.41) is 0. The molecule has 21 heavy (non-hydrogen) atoms. The number of amides is 1. The zero-order valence-corrected chi connectivity index (χ0v) is 13.5. The Kier molecular flexibility index (Phi) is 5.23. The molecule has 1 aliphatic rings. The van der Waals surface area contributed by atoms with Crippen molar-refractivity contribution in [1.29, 1.82) is 0 Å². The van der Waals surface area contributed by atoms with Crippen LogP contribution in [0.25, 0.3) is 0 Å². The molecule has 1 unspecified atom stereocenters. The number of carbonyl (C=O) groups is 1. The fourth-order valence-electron chi connectivity index (χ4n) is 2.86. The number of hydrogen-bond acceptors (Lipinski definition) is 3. The summed E-state index contributed by atoms with van der Waals surface area (Å²) in [4.78, 5) is 16.6. The number of nitrogens with zero attached hydrogens (tertiary/aromatic N) is 2. The molecule has 1 heterocycles. The summed E-state index contributed by atoms with van der Waals surface area (Å²) < 4.78 is 5.48. The van der Waals surface area contributed by atoms with Gasteiger partial charge >= 0.3 is 0 Å². The standard InChI is InChI=1S/C17H26N2O2/c1-13(2)11-17(20)19-10-9-18(3)15(12-19)14-7-5-6-8-16(14)21-4/h5-8,13,15H,9-12H2,1-4H3. The molecule has 2 rings (SSSR count). The third-order valence-electron chi connectivity index (χ3n) is 4.08. The van der Waals surface area contributed by atoms with Gasteiger partial charge in [0.1, 0.15) is 5.75 Å². The van der Waals surface area contributed by atoms with Crippen LogP contribution in [0.15, 0.2) is 24.3 Å². The highest BCUT2D eigenvalue weighted by Gasteiger charge is 2.30. The lowest BCUT2D eigenvalue weighted by molar-refractivity contribution is -0.134. The van der Waals surface area contributed by atoms with Crippen molar-refractivity contribution in [1.82, 2.24) is 9.80 Å². The summed E-state index contributed by atoms with van der Waals surface area (Å²) in [6, 6.07) is 8.29. The van der Waals surface area contributed by atoms with Crippen molar-refractivity contribution in [2.75, 3.05) is 33.8 Å². The summed E-state index contributed by atoms with van der Waals surface area (Å²) in [6.45, 7) is 6.63. The van der Waals surface area contributed by atoms with Gasteiger partial charge < -0.3 is 9.64 Å². The van der Waals surface area contributed by atoms with E-state index in [0.717, 1.165) is 30.9 Å². The maximum Gasteiger partial charge on any atom is 0.222 e. The highest BCUT2D eigenvalue weighted by molar-refractivity contribution is 5.76. The molecule has 0 N–H and O–H groups in total. The van der Waals surface area contributed by atoms with Crippen LogP contribution in [0.2, 0.25) is 0 Å². The average molecular weight is 290 g/mol. The van der Waals surface area contributed by atoms with E-state index in [9.17, 15) is 4.79 Å². The number of methoxy groups -OCH3 is 1. The second kappa shape index (κ2) is 6.94. The summed E-state index contributed by atoms with van der Waals surface area (Å²) in [6.07, 6.45) is 0.627. The molecule has 0 radical (unpaired) electrons. The monoisotopic (exact) mass is 290 g/mol. The fourth-order valence-corrected chi connectivity index (χ4v) is 2.86. The van der Waals surface area contributed by atoms with Gasteiger partial charge in [-0.15, -0.1) is 0 Å². The Labute approximate surface area is 127 Å². The summed E-state index contributed by atoms with van der Waals surface area (Å²) in [5.41, 5.74) is 1.16. The molecule has 116 valence electrons. The van der Waals surface area contributed by atoms with Crippen molar-refractivity contribution in [2.24, 2.45) is 5.92 Å². The molecule has 4 heteroatoms. The first-order valence-corrected chi connectivity index (χ1v) is 7.63. The third-order valence-corrected chi connectivity index (χ3v) is 4.08. The van der Waals surface area contributed by atoms with E-state index in [1.807, 2.05) is 23.1 Å². The van der Waals surface area contributed by atoms with Crippen LogP contribution in [0.5, 0.6) is 5.75 Å². The van der Waals surface area contributed by atoms with E-state index >= 15 is 0 Å². The maximum atomic E-state index is 12.3. The molecule has 0 aliphatic carbocycles. The van der Waals surface area contributed by atoms with Crippen LogP contribution in [0, 0.1) is 5.92 Å². The van der Waals surface area contributed by atoms with E-state index < -0.39 is 0 Å². The first kappa shape index (κ1) is 15.8. The largest absolute Gasteiger partial charge is 0.496 e. The lowest BCUT2D eigenvalue weighted by Crippen LogP contribution is -2.49. The van der Waals surface area contributed by atoms with Gasteiger partial charge in [0.15, 0.2) is 0 Å². The topological polar surface area (TPSA) is 32.8 Å². The van der Waals surface area contributed by atoms with E-state index in [-0.39, 0.29) is 11.9 Å². The first-order valence-electron chi connectivity index (χ1n) is 7.63. The molecule has 1 aromatic carbocycles. The molecule has 0 bridgehead atoms. The van der Waals surface area contributed by atoms with Crippen LogP contribution in [0.3, 0.4) is 0 Å². The minimum atomic E-state index is 0.200. The van der Waals surface area contributed by atoms with Crippen LogP contribution in [0.1, 0.15) is 31.9 Å². The number of hydrogen-bond donors (Lipinski definition) is 0. The maximum absolute atomic E-state index is 12.3. The molecule has 1 atom stereocenters. The Balaban J connectivity index is 2.16. The van der Waals surface area contributed by atoms with Gasteiger partial charge in [-0.2, -0.15) is 0 Å². The van der Waals surface area contributed by atoms with Crippen LogP contribution in [0.4, 0.5) is 0 Å². The van der Waals surface area contributed by atoms with E-state index in [1.165, 1.54) is 0 Å². The number of carbonyl (C=O) groups excluding carboxylic acids is 1. The number of likely N-dealkylation sites (N-methyl/N-ethyl adjacent to an activating group) is 1. The third kappa shape index (κ3) is 3.76. The smallest absolute Gasteiger partial charge is 0.222 e. The molecule has 4 nitrogen and oxygen atoms in total. The molecule has 1 fully saturated rings. The van der Waals surface area contributed by atoms with Crippen molar-refractivity contribution in [2.45, 2.75) is 26.3 Å². The molecular weight excluding hydrogens is 264 g/mol. The van der Waals surface area contributed by atoms with Crippen molar-refractivity contribution in [3.05, 3.63) is 29.8 Å². The summed E-state index contributed by atoms with van der Waals surface area (Å²) in [5.74, 6) is 1.56. The van der Waals surface area contributed by atoms with Crippen molar-refractivity contribution in [3.8, 4) is 5.75 Å². The van der Waals surface area contributed by atoms with Crippen LogP contribution < -0.4 is 4.74 Å². The molecule has 0 spiro atoms. The first-order chi connectivity index (χ1) is 10.0. The zero-order valence-electron chi connectivity index (χ0n) is 13.5. The number of ether oxygens (including phenoxy) is 1. The average Bonchev–Trinajstić information content (AvgIpc) is 2.47. The highest BCUT2D eigenvalue weighted by atomic mass is 16.5. The predicted octanol–water partition coefficient (Wildman–Crippen LogP) is 2.56. The SMILES string of the molecule is COc1ccccc1C1CN(C(=O)CC(C)C)CCN1C. The Morgan fingerprint density at radius 2 is 2.05 bits per heavy atom. The number of para-hydroxylation sites is 1. The summed E-state index contributed by atoms with van der Waals surface area (Å²) in [7, 11) is 3.81. The minimum absolute atomic E-state index is 0.200. The molecule has 1 saturated heterocycles. The number of rotatable bonds is 4. The second-order valence-corrected chi connectivity index (χ2v) is 6.18. The number of piperazine rings is 1. The zero-order chi connectivity index (χ0) is 15.4. The lowest BCUT2D eigenvalue weighted by Gasteiger charge is -2.40. The highest BCUT2D eigenvalue weighted by Crippen LogP contribution is 2.31. The molecule has 1 amide bonds. The van der Waals surface area contributed by atoms with E-state index in [2.05, 4.69) is 31.9 Å². The van der Waals surface area contributed by atoms with Gasteiger partial charge in [0.2, 0.25) is 5.91 Å². The minimum Gasteiger partial charge on any atom is -0.496 e. The quantitative estimate of drug-likeness (QED) is 0.854. The van der Waals surface area contributed by atoms with Crippen molar-refractivity contribution in [3.63, 3.8) is 0 Å². The Bertz CT molecular complexity index is 487. The van der Waals surface area contributed by atoms with E-state index in [0.29, 0.717) is 12.3 Å². The van der Waals surface area contributed by atoms with Crippen molar-refractivity contribution < 1.29 is 9.53 Å². The Morgan fingerprint density at radius 1 is 1.33 bits per heavy atom. The fraction of sp³-hybridized carbons (Fsp3) is 0.588. The van der Waals surface area contributed by atoms with Crippen LogP contribution in [-0.2, 0) is 4.79 Å². The van der Waals surface area contributed by atoms with Gasteiger partial charge in [0.25, 0.3) is 0 Å². The summed E-state index contributed by atoms with van der Waals surface area (Å²) >= 11 is 0. The van der Waals surface area contributed by atoms with Gasteiger partial charge in [-0.05, 0) is 19.0 Å².